The zero-order valence-electron chi connectivity index (χ0n) is 14.2. The highest BCUT2D eigenvalue weighted by Crippen LogP contribution is 2.29. The lowest BCUT2D eigenvalue weighted by Gasteiger charge is -2.19. The molecule has 0 aromatic heterocycles. The largest absolute Gasteiger partial charge is 0.493 e. The molecule has 0 heterocycles. The van der Waals surface area contributed by atoms with Gasteiger partial charge in [0.15, 0.2) is 11.5 Å². The average Bonchev–Trinajstić information content (AvgIpc) is 2.51. The van der Waals surface area contributed by atoms with E-state index in [0.717, 1.165) is 6.42 Å². The van der Waals surface area contributed by atoms with Gasteiger partial charge in [0.25, 0.3) is 5.91 Å². The lowest BCUT2D eigenvalue weighted by molar-refractivity contribution is -0.137. The second-order valence-electron chi connectivity index (χ2n) is 5.61. The van der Waals surface area contributed by atoms with Crippen molar-refractivity contribution in [2.45, 2.75) is 27.2 Å². The van der Waals surface area contributed by atoms with Gasteiger partial charge in [-0.15, -0.1) is 0 Å². The summed E-state index contributed by atoms with van der Waals surface area (Å²) in [5.41, 5.74) is 0.376. The zero-order valence-corrected chi connectivity index (χ0v) is 14.2. The summed E-state index contributed by atoms with van der Waals surface area (Å²) in [7, 11) is 1.51. The van der Waals surface area contributed by atoms with Crippen molar-refractivity contribution in [1.82, 2.24) is 4.90 Å². The Balaban J connectivity index is 2.88. The van der Waals surface area contributed by atoms with E-state index in [0.29, 0.717) is 36.1 Å². The molecule has 0 fully saturated rings. The monoisotopic (exact) mass is 323 g/mol. The summed E-state index contributed by atoms with van der Waals surface area (Å²) < 4.78 is 11.0. The summed E-state index contributed by atoms with van der Waals surface area (Å²) in [4.78, 5) is 24.4. The molecule has 0 aliphatic carbocycles. The van der Waals surface area contributed by atoms with Crippen molar-refractivity contribution in [2.75, 3.05) is 26.8 Å². The van der Waals surface area contributed by atoms with Crippen LogP contribution in [0.4, 0.5) is 0 Å². The van der Waals surface area contributed by atoms with E-state index in [1.165, 1.54) is 12.0 Å². The maximum absolute atomic E-state index is 12.4. The number of likely N-dealkylation sites (N-methyl/N-ethyl adjacent to an activating group) is 1. The minimum atomic E-state index is -1.04. The van der Waals surface area contributed by atoms with Crippen LogP contribution >= 0.6 is 0 Å². The maximum atomic E-state index is 12.4. The number of benzene rings is 1. The van der Waals surface area contributed by atoms with Crippen LogP contribution in [0, 0.1) is 5.92 Å². The number of amides is 1. The van der Waals surface area contributed by atoms with Crippen molar-refractivity contribution in [3.63, 3.8) is 0 Å². The second kappa shape index (κ2) is 9.02. The topological polar surface area (TPSA) is 76.1 Å². The highest BCUT2D eigenvalue weighted by molar-refractivity contribution is 5.96. The van der Waals surface area contributed by atoms with E-state index in [2.05, 4.69) is 13.8 Å². The fourth-order valence-electron chi connectivity index (χ4n) is 2.00. The lowest BCUT2D eigenvalue weighted by atomic mass is 10.1. The molecule has 0 unspecified atom stereocenters. The van der Waals surface area contributed by atoms with Gasteiger partial charge in [-0.2, -0.15) is 0 Å². The highest BCUT2D eigenvalue weighted by atomic mass is 16.5. The summed E-state index contributed by atoms with van der Waals surface area (Å²) in [5.74, 6) is 0.190. The standard InChI is InChI=1S/C17H25NO5/c1-5-18(11-16(19)20)17(21)13-6-7-14(15(10-13)22-4)23-9-8-12(2)3/h6-7,10,12H,5,8-9,11H2,1-4H3,(H,19,20). The molecule has 0 aliphatic rings. The van der Waals surface area contributed by atoms with Gasteiger partial charge >= 0.3 is 5.97 Å². The van der Waals surface area contributed by atoms with Gasteiger partial charge in [0, 0.05) is 12.1 Å². The second-order valence-corrected chi connectivity index (χ2v) is 5.61. The van der Waals surface area contributed by atoms with Crippen molar-refractivity contribution >= 4 is 11.9 Å². The highest BCUT2D eigenvalue weighted by Gasteiger charge is 2.18. The number of methoxy groups -OCH3 is 1. The third kappa shape index (κ3) is 5.81. The number of ether oxygens (including phenoxy) is 2. The molecule has 1 N–H and O–H groups in total. The molecule has 0 atom stereocenters. The summed E-state index contributed by atoms with van der Waals surface area (Å²) in [6.07, 6.45) is 0.923. The van der Waals surface area contributed by atoms with Crippen molar-refractivity contribution in [3.05, 3.63) is 23.8 Å². The van der Waals surface area contributed by atoms with Gasteiger partial charge in [0.2, 0.25) is 0 Å². The predicted molar refractivity (Wildman–Crippen MR) is 87.2 cm³/mol. The van der Waals surface area contributed by atoms with Gasteiger partial charge in [-0.1, -0.05) is 13.8 Å². The number of aliphatic carboxylic acids is 1. The van der Waals surface area contributed by atoms with Crippen LogP contribution in [0.1, 0.15) is 37.6 Å². The van der Waals surface area contributed by atoms with Gasteiger partial charge < -0.3 is 19.5 Å². The van der Waals surface area contributed by atoms with Crippen LogP contribution in [0.3, 0.4) is 0 Å². The van der Waals surface area contributed by atoms with Crippen molar-refractivity contribution < 1.29 is 24.2 Å². The first kappa shape index (κ1) is 18.8. The Morgan fingerprint density at radius 2 is 1.96 bits per heavy atom. The van der Waals surface area contributed by atoms with E-state index in [9.17, 15) is 9.59 Å². The maximum Gasteiger partial charge on any atom is 0.323 e. The number of rotatable bonds is 9. The van der Waals surface area contributed by atoms with Crippen molar-refractivity contribution in [3.8, 4) is 11.5 Å². The van der Waals surface area contributed by atoms with Crippen LogP contribution in [0.15, 0.2) is 18.2 Å². The van der Waals surface area contributed by atoms with E-state index in [1.807, 2.05) is 0 Å². The third-order valence-electron chi connectivity index (χ3n) is 3.36. The summed E-state index contributed by atoms with van der Waals surface area (Å²) in [6, 6.07) is 4.89. The fraction of sp³-hybridized carbons (Fsp3) is 0.529. The summed E-state index contributed by atoms with van der Waals surface area (Å²) >= 11 is 0. The molecule has 0 bridgehead atoms. The first-order chi connectivity index (χ1) is 10.9. The number of nitrogens with zero attached hydrogens (tertiary/aromatic N) is 1. The smallest absolute Gasteiger partial charge is 0.323 e. The molecule has 0 saturated carbocycles. The number of carboxylic acids is 1. The summed E-state index contributed by atoms with van der Waals surface area (Å²) in [5, 5.41) is 8.86. The molecule has 6 heteroatoms. The normalized spacial score (nSPS) is 10.5. The molecule has 0 spiro atoms. The van der Waals surface area contributed by atoms with Crippen LogP contribution in [0.5, 0.6) is 11.5 Å². The van der Waals surface area contributed by atoms with Crippen LogP contribution in [-0.4, -0.2) is 48.7 Å². The van der Waals surface area contributed by atoms with Crippen molar-refractivity contribution in [1.29, 1.82) is 0 Å². The molecule has 128 valence electrons. The van der Waals surface area contributed by atoms with Crippen LogP contribution in [-0.2, 0) is 4.79 Å². The van der Waals surface area contributed by atoms with E-state index in [-0.39, 0.29) is 12.5 Å². The third-order valence-corrected chi connectivity index (χ3v) is 3.36. The molecule has 0 radical (unpaired) electrons. The van der Waals surface area contributed by atoms with Crippen LogP contribution in [0.2, 0.25) is 0 Å². The molecule has 0 aliphatic heterocycles. The van der Waals surface area contributed by atoms with E-state index < -0.39 is 5.97 Å². The molecular formula is C17H25NO5. The predicted octanol–water partition coefficient (Wildman–Crippen LogP) is 2.67. The Labute approximate surface area is 137 Å². The number of carbonyl (C=O) groups excluding carboxylic acids is 1. The molecule has 1 rings (SSSR count). The Morgan fingerprint density at radius 1 is 1.26 bits per heavy atom. The molecule has 0 saturated heterocycles. The fourth-order valence-corrected chi connectivity index (χ4v) is 2.00. The van der Waals surface area contributed by atoms with Gasteiger partial charge in [-0.25, -0.2) is 0 Å². The minimum Gasteiger partial charge on any atom is -0.493 e. The Kier molecular flexibility index (Phi) is 7.38. The van der Waals surface area contributed by atoms with Crippen LogP contribution < -0.4 is 9.47 Å². The molecule has 6 nitrogen and oxygen atoms in total. The number of hydrogen-bond donors (Lipinski definition) is 1. The quantitative estimate of drug-likeness (QED) is 0.756. The molecule has 1 aromatic carbocycles. The van der Waals surface area contributed by atoms with Gasteiger partial charge in [0.05, 0.1) is 13.7 Å². The van der Waals surface area contributed by atoms with E-state index in [4.69, 9.17) is 14.6 Å². The molecule has 23 heavy (non-hydrogen) atoms. The number of carboxylic acid groups (broad SMARTS) is 1. The summed E-state index contributed by atoms with van der Waals surface area (Å²) in [6.45, 7) is 6.53. The van der Waals surface area contributed by atoms with E-state index >= 15 is 0 Å². The molecular weight excluding hydrogens is 298 g/mol. The minimum absolute atomic E-state index is 0.320. The first-order valence-corrected chi connectivity index (χ1v) is 7.70. The van der Waals surface area contributed by atoms with Gasteiger partial charge in [0.1, 0.15) is 6.54 Å². The Bertz CT molecular complexity index is 542. The molecule has 1 amide bonds. The Hall–Kier alpha value is -2.24. The average molecular weight is 323 g/mol. The van der Waals surface area contributed by atoms with E-state index in [1.54, 1.807) is 25.1 Å². The first-order valence-electron chi connectivity index (χ1n) is 7.70. The van der Waals surface area contributed by atoms with Gasteiger partial charge in [-0.3, -0.25) is 9.59 Å². The van der Waals surface area contributed by atoms with Crippen molar-refractivity contribution in [2.24, 2.45) is 5.92 Å². The zero-order chi connectivity index (χ0) is 17.4. The SMILES string of the molecule is CCN(CC(=O)O)C(=O)c1ccc(OCCC(C)C)c(OC)c1. The lowest BCUT2D eigenvalue weighted by Crippen LogP contribution is -2.35. The number of hydrogen-bond acceptors (Lipinski definition) is 4. The van der Waals surface area contributed by atoms with Gasteiger partial charge in [-0.05, 0) is 37.5 Å². The Morgan fingerprint density at radius 3 is 2.48 bits per heavy atom. The van der Waals surface area contributed by atoms with Crippen LogP contribution in [0.25, 0.3) is 0 Å². The number of carbonyl (C=O) groups is 2. The molecule has 1 aromatic rings.